The monoisotopic (exact) mass is 480 g/mol. The van der Waals surface area contributed by atoms with Crippen LogP contribution in [0.3, 0.4) is 0 Å². The van der Waals surface area contributed by atoms with Crippen LogP contribution < -0.4 is 4.74 Å². The Kier molecular flexibility index (Phi) is 6.82. The Labute approximate surface area is 169 Å². The van der Waals surface area contributed by atoms with E-state index in [9.17, 15) is 4.79 Å². The zero-order valence-corrected chi connectivity index (χ0v) is 17.2. The van der Waals surface area contributed by atoms with Gasteiger partial charge < -0.3 is 14.4 Å². The molecule has 1 amide bonds. The van der Waals surface area contributed by atoms with E-state index in [4.69, 9.17) is 9.47 Å². The molecule has 1 fully saturated rings. The molecule has 3 rings (SSSR count). The van der Waals surface area contributed by atoms with Crippen LogP contribution in [0.2, 0.25) is 0 Å². The van der Waals surface area contributed by atoms with Crippen LogP contribution in [0.1, 0.15) is 5.56 Å². The fourth-order valence-electron chi connectivity index (χ4n) is 2.46. The quantitative estimate of drug-likeness (QED) is 0.601. The Morgan fingerprint density at radius 2 is 1.92 bits per heavy atom. The molecule has 0 unspecified atom stereocenters. The van der Waals surface area contributed by atoms with Crippen molar-refractivity contribution in [2.45, 2.75) is 0 Å². The minimum atomic E-state index is -0.0280. The van der Waals surface area contributed by atoms with E-state index in [0.717, 1.165) is 20.2 Å². The molecule has 0 radical (unpaired) electrons. The SMILES string of the molecule is O=C(COc1ccc(C=Nc2ccccc2Br)cc1Br)N1CCOCC1. The summed E-state index contributed by atoms with van der Waals surface area (Å²) >= 11 is 6.97. The third kappa shape index (κ3) is 5.16. The minimum Gasteiger partial charge on any atom is -0.483 e. The van der Waals surface area contributed by atoms with Crippen molar-refractivity contribution < 1.29 is 14.3 Å². The fourth-order valence-corrected chi connectivity index (χ4v) is 3.36. The Bertz CT molecular complexity index is 805. The van der Waals surface area contributed by atoms with Crippen LogP contribution in [0.5, 0.6) is 5.75 Å². The minimum absolute atomic E-state index is 0.0169. The van der Waals surface area contributed by atoms with Gasteiger partial charge in [-0.05, 0) is 67.8 Å². The third-order valence-electron chi connectivity index (χ3n) is 3.88. The first-order chi connectivity index (χ1) is 12.6. The highest BCUT2D eigenvalue weighted by atomic mass is 79.9. The maximum atomic E-state index is 12.1. The van der Waals surface area contributed by atoms with Crippen molar-refractivity contribution in [2.24, 2.45) is 4.99 Å². The Hall–Kier alpha value is -1.70. The summed E-state index contributed by atoms with van der Waals surface area (Å²) < 4.78 is 12.6. The zero-order valence-electron chi connectivity index (χ0n) is 14.0. The highest BCUT2D eigenvalue weighted by molar-refractivity contribution is 9.11. The van der Waals surface area contributed by atoms with Crippen LogP contribution in [0.25, 0.3) is 0 Å². The van der Waals surface area contributed by atoms with Gasteiger partial charge in [0, 0.05) is 23.8 Å². The van der Waals surface area contributed by atoms with Crippen LogP contribution in [0, 0.1) is 0 Å². The van der Waals surface area contributed by atoms with Gasteiger partial charge in [-0.2, -0.15) is 0 Å². The predicted octanol–water partition coefficient (Wildman–Crippen LogP) is 4.20. The number of halogens is 2. The van der Waals surface area contributed by atoms with Gasteiger partial charge in [0.1, 0.15) is 5.75 Å². The number of ether oxygens (including phenoxy) is 2. The van der Waals surface area contributed by atoms with E-state index in [0.29, 0.717) is 32.1 Å². The number of benzene rings is 2. The second kappa shape index (κ2) is 9.30. The smallest absolute Gasteiger partial charge is 0.260 e. The summed E-state index contributed by atoms with van der Waals surface area (Å²) in [7, 11) is 0. The number of carbonyl (C=O) groups is 1. The molecule has 0 atom stereocenters. The second-order valence-corrected chi connectivity index (χ2v) is 7.39. The van der Waals surface area contributed by atoms with E-state index in [1.165, 1.54) is 0 Å². The highest BCUT2D eigenvalue weighted by Gasteiger charge is 2.17. The lowest BCUT2D eigenvalue weighted by Gasteiger charge is -2.26. The van der Waals surface area contributed by atoms with Gasteiger partial charge >= 0.3 is 0 Å². The van der Waals surface area contributed by atoms with Crippen molar-refractivity contribution in [1.82, 2.24) is 4.90 Å². The molecular weight excluding hydrogens is 464 g/mol. The first-order valence-electron chi connectivity index (χ1n) is 8.20. The first kappa shape index (κ1) is 19.1. The summed E-state index contributed by atoms with van der Waals surface area (Å²) in [5.74, 6) is 0.601. The molecule has 0 saturated carbocycles. The topological polar surface area (TPSA) is 51.1 Å². The molecule has 2 aromatic rings. The van der Waals surface area contributed by atoms with Gasteiger partial charge in [-0.3, -0.25) is 9.79 Å². The molecule has 5 nitrogen and oxygen atoms in total. The van der Waals surface area contributed by atoms with Crippen LogP contribution in [0.15, 0.2) is 56.4 Å². The molecule has 26 heavy (non-hydrogen) atoms. The van der Waals surface area contributed by atoms with Crippen LogP contribution in [-0.4, -0.2) is 49.9 Å². The Morgan fingerprint density at radius 3 is 2.65 bits per heavy atom. The van der Waals surface area contributed by atoms with Gasteiger partial charge in [0.25, 0.3) is 5.91 Å². The van der Waals surface area contributed by atoms with Gasteiger partial charge in [0.15, 0.2) is 6.61 Å². The number of para-hydroxylation sites is 1. The lowest BCUT2D eigenvalue weighted by Crippen LogP contribution is -2.43. The largest absolute Gasteiger partial charge is 0.483 e. The van der Waals surface area contributed by atoms with Crippen molar-refractivity contribution in [3.63, 3.8) is 0 Å². The van der Waals surface area contributed by atoms with Gasteiger partial charge in [-0.25, -0.2) is 0 Å². The molecule has 1 saturated heterocycles. The average molecular weight is 482 g/mol. The number of morpholine rings is 1. The van der Waals surface area contributed by atoms with Crippen molar-refractivity contribution >= 4 is 49.7 Å². The summed E-state index contributed by atoms with van der Waals surface area (Å²) in [6.07, 6.45) is 1.79. The standard InChI is InChI=1S/C19H18Br2N2O3/c20-15-3-1-2-4-17(15)22-12-14-5-6-18(16(21)11-14)26-13-19(24)23-7-9-25-10-8-23/h1-6,11-12H,7-10,13H2. The summed E-state index contributed by atoms with van der Waals surface area (Å²) in [5.41, 5.74) is 1.79. The molecule has 0 aliphatic carbocycles. The average Bonchev–Trinajstić information content (AvgIpc) is 2.67. The number of nitrogens with zero attached hydrogens (tertiary/aromatic N) is 2. The van der Waals surface area contributed by atoms with E-state index < -0.39 is 0 Å². The molecule has 1 aliphatic heterocycles. The summed E-state index contributed by atoms with van der Waals surface area (Å²) in [6.45, 7) is 2.42. The van der Waals surface area contributed by atoms with Crippen molar-refractivity contribution in [3.8, 4) is 5.75 Å². The van der Waals surface area contributed by atoms with Crippen molar-refractivity contribution in [1.29, 1.82) is 0 Å². The Balaban J connectivity index is 1.60. The molecular formula is C19H18Br2N2O3. The van der Waals surface area contributed by atoms with E-state index in [1.807, 2.05) is 42.5 Å². The molecule has 0 spiro atoms. The van der Waals surface area contributed by atoms with Crippen molar-refractivity contribution in [3.05, 3.63) is 57.0 Å². The van der Waals surface area contributed by atoms with Crippen LogP contribution in [-0.2, 0) is 9.53 Å². The van der Waals surface area contributed by atoms with Gasteiger partial charge in [0.05, 0.1) is 23.4 Å². The van der Waals surface area contributed by atoms with Crippen LogP contribution in [0.4, 0.5) is 5.69 Å². The lowest BCUT2D eigenvalue weighted by molar-refractivity contribution is -0.137. The number of hydrogen-bond donors (Lipinski definition) is 0. The molecule has 0 bridgehead atoms. The first-order valence-corrected chi connectivity index (χ1v) is 9.78. The second-order valence-electron chi connectivity index (χ2n) is 5.68. The molecule has 2 aromatic carbocycles. The number of aliphatic imine (C=N–C) groups is 1. The molecule has 1 heterocycles. The summed E-state index contributed by atoms with van der Waals surface area (Å²) in [6, 6.07) is 13.4. The fraction of sp³-hybridized carbons (Fsp3) is 0.263. The molecule has 0 aromatic heterocycles. The van der Waals surface area contributed by atoms with Crippen molar-refractivity contribution in [2.75, 3.05) is 32.9 Å². The van der Waals surface area contributed by atoms with E-state index >= 15 is 0 Å². The molecule has 7 heteroatoms. The molecule has 0 N–H and O–H groups in total. The number of amides is 1. The number of hydrogen-bond acceptors (Lipinski definition) is 4. The Morgan fingerprint density at radius 1 is 1.15 bits per heavy atom. The summed E-state index contributed by atoms with van der Waals surface area (Å²) in [4.78, 5) is 18.4. The van der Waals surface area contributed by atoms with E-state index in [1.54, 1.807) is 11.1 Å². The number of carbonyl (C=O) groups excluding carboxylic acids is 1. The number of rotatable bonds is 5. The zero-order chi connectivity index (χ0) is 18.4. The van der Waals surface area contributed by atoms with Gasteiger partial charge in [-0.1, -0.05) is 12.1 Å². The maximum absolute atomic E-state index is 12.1. The molecule has 1 aliphatic rings. The van der Waals surface area contributed by atoms with Crippen LogP contribution >= 0.6 is 31.9 Å². The van der Waals surface area contributed by atoms with E-state index in [2.05, 4.69) is 36.9 Å². The highest BCUT2D eigenvalue weighted by Crippen LogP contribution is 2.27. The maximum Gasteiger partial charge on any atom is 0.260 e. The third-order valence-corrected chi connectivity index (χ3v) is 5.17. The predicted molar refractivity (Wildman–Crippen MR) is 108 cm³/mol. The van der Waals surface area contributed by atoms with E-state index in [-0.39, 0.29) is 12.5 Å². The summed E-state index contributed by atoms with van der Waals surface area (Å²) in [5, 5.41) is 0. The normalized spacial score (nSPS) is 14.6. The van der Waals surface area contributed by atoms with Gasteiger partial charge in [-0.15, -0.1) is 0 Å². The van der Waals surface area contributed by atoms with Gasteiger partial charge in [0.2, 0.25) is 0 Å². The molecule has 136 valence electrons. The lowest BCUT2D eigenvalue weighted by atomic mass is 10.2.